The molecule has 11 heteroatoms. The van der Waals surface area contributed by atoms with Crippen LogP contribution in [0.2, 0.25) is 0 Å². The lowest BCUT2D eigenvalue weighted by atomic mass is 10.0. The number of aliphatic carboxylic acids is 1. The largest absolute Gasteiger partial charge is 0.477 e. The molecule has 25 heavy (non-hydrogen) atoms. The number of β-lactam (4-membered cyclic amide) rings is 1. The van der Waals surface area contributed by atoms with E-state index >= 15 is 0 Å². The first-order chi connectivity index (χ1) is 11.8. The van der Waals surface area contributed by atoms with E-state index in [1.54, 1.807) is 17.5 Å². The molecule has 1 saturated heterocycles. The number of nitrogens with zero attached hydrogens (tertiary/aromatic N) is 1. The van der Waals surface area contributed by atoms with Crippen molar-refractivity contribution in [3.8, 4) is 0 Å². The maximum atomic E-state index is 12.4. The van der Waals surface area contributed by atoms with E-state index in [2.05, 4.69) is 5.32 Å². The number of hydrogen-bond donors (Lipinski definition) is 3. The van der Waals surface area contributed by atoms with Gasteiger partial charge in [0.25, 0.3) is 5.91 Å². The number of carbonyl (C=O) groups excluding carboxylic acids is 2. The number of fused-ring (bicyclic) bond motifs is 1. The van der Waals surface area contributed by atoms with Gasteiger partial charge in [-0.2, -0.15) is 0 Å². The third-order valence-corrected chi connectivity index (χ3v) is 6.83. The van der Waals surface area contributed by atoms with Gasteiger partial charge in [0.1, 0.15) is 11.7 Å². The second-order valence-electron chi connectivity index (χ2n) is 5.62. The molecule has 1 aromatic rings. The molecule has 2 amide bonds. The van der Waals surface area contributed by atoms with Crippen LogP contribution in [0.4, 0.5) is 0 Å². The number of sulfone groups is 1. The van der Waals surface area contributed by atoms with Crippen LogP contribution in [-0.4, -0.2) is 65.1 Å². The summed E-state index contributed by atoms with van der Waals surface area (Å²) in [5, 5.41) is 21.2. The lowest BCUT2D eigenvalue weighted by Crippen LogP contribution is -2.75. The number of rotatable bonds is 5. The van der Waals surface area contributed by atoms with Gasteiger partial charge in [0, 0.05) is 10.5 Å². The minimum absolute atomic E-state index is 0.00225. The Hall–Kier alpha value is -2.24. The van der Waals surface area contributed by atoms with Crippen molar-refractivity contribution in [2.45, 2.75) is 17.8 Å². The Kier molecular flexibility index (Phi) is 4.39. The average molecular weight is 386 g/mol. The highest BCUT2D eigenvalue weighted by Crippen LogP contribution is 2.36. The molecule has 0 aliphatic carbocycles. The van der Waals surface area contributed by atoms with Gasteiger partial charge in [0.05, 0.1) is 18.8 Å². The van der Waals surface area contributed by atoms with Gasteiger partial charge in [0.2, 0.25) is 5.91 Å². The Morgan fingerprint density at radius 1 is 1.40 bits per heavy atom. The Balaban J connectivity index is 1.84. The van der Waals surface area contributed by atoms with Crippen LogP contribution in [0, 0.1) is 0 Å². The molecule has 0 unspecified atom stereocenters. The van der Waals surface area contributed by atoms with Crippen molar-refractivity contribution in [3.63, 3.8) is 0 Å². The summed E-state index contributed by atoms with van der Waals surface area (Å²) >= 11 is 1.35. The number of thiophene rings is 1. The third kappa shape index (κ3) is 2.94. The van der Waals surface area contributed by atoms with Crippen LogP contribution in [0.5, 0.6) is 0 Å². The van der Waals surface area contributed by atoms with E-state index in [1.165, 1.54) is 11.3 Å². The van der Waals surface area contributed by atoms with Gasteiger partial charge in [-0.25, -0.2) is 13.2 Å². The van der Waals surface area contributed by atoms with Crippen LogP contribution in [0.25, 0.3) is 0 Å². The molecule has 2 aliphatic rings. The zero-order valence-electron chi connectivity index (χ0n) is 12.7. The number of carbonyl (C=O) groups is 3. The smallest absolute Gasteiger partial charge is 0.352 e. The molecule has 9 nitrogen and oxygen atoms in total. The van der Waals surface area contributed by atoms with Gasteiger partial charge in [-0.15, -0.1) is 11.3 Å². The number of carboxylic acids is 1. The van der Waals surface area contributed by atoms with Crippen molar-refractivity contribution in [3.05, 3.63) is 33.7 Å². The van der Waals surface area contributed by atoms with Crippen LogP contribution in [0.3, 0.4) is 0 Å². The van der Waals surface area contributed by atoms with E-state index in [0.29, 0.717) is 4.90 Å². The van der Waals surface area contributed by atoms with Crippen LogP contribution in [0.1, 0.15) is 4.88 Å². The Morgan fingerprint density at radius 2 is 2.12 bits per heavy atom. The van der Waals surface area contributed by atoms with E-state index in [-0.39, 0.29) is 12.0 Å². The molecule has 134 valence electrons. The third-order valence-electron chi connectivity index (χ3n) is 3.99. The Bertz CT molecular complexity index is 873. The fraction of sp³-hybridized carbons (Fsp3) is 0.357. The Morgan fingerprint density at radius 3 is 2.68 bits per heavy atom. The molecule has 0 bridgehead atoms. The standard InChI is InChI=1S/C14H14N2O7S2/c17-5-7-6-25(22,23)13-10(12(19)16(13)11(7)14(20)21)15-9(18)4-8-2-1-3-24-8/h1-3,10,13,17H,4-6H2,(H,15,18)(H,20,21)/t10-,13-/m0/s1. The first kappa shape index (κ1) is 17.6. The molecule has 3 heterocycles. The summed E-state index contributed by atoms with van der Waals surface area (Å²) in [6.45, 7) is -0.785. The second kappa shape index (κ2) is 6.24. The first-order valence-corrected chi connectivity index (χ1v) is 9.78. The molecule has 0 aromatic carbocycles. The molecule has 0 spiro atoms. The number of aliphatic hydroxyl groups is 1. The highest BCUT2D eigenvalue weighted by molar-refractivity contribution is 7.92. The molecule has 0 saturated carbocycles. The van der Waals surface area contributed by atoms with Crippen molar-refractivity contribution in [1.29, 1.82) is 0 Å². The zero-order valence-corrected chi connectivity index (χ0v) is 14.3. The molecule has 0 radical (unpaired) electrons. The fourth-order valence-corrected chi connectivity index (χ4v) is 5.66. The van der Waals surface area contributed by atoms with Crippen molar-refractivity contribution in [2.75, 3.05) is 12.4 Å². The normalized spacial score (nSPS) is 24.5. The maximum absolute atomic E-state index is 12.4. The van der Waals surface area contributed by atoms with Crippen molar-refractivity contribution in [2.24, 2.45) is 0 Å². The molecular weight excluding hydrogens is 372 g/mol. The number of nitrogens with one attached hydrogen (secondary N) is 1. The molecular formula is C14H14N2O7S2. The highest BCUT2D eigenvalue weighted by Gasteiger charge is 2.60. The first-order valence-electron chi connectivity index (χ1n) is 7.19. The average Bonchev–Trinajstić information content (AvgIpc) is 3.03. The minimum Gasteiger partial charge on any atom is -0.477 e. The molecule has 2 atom stereocenters. The molecule has 1 aromatic heterocycles. The molecule has 2 aliphatic heterocycles. The zero-order chi connectivity index (χ0) is 18.4. The molecule has 3 N–H and O–H groups in total. The predicted molar refractivity (Wildman–Crippen MR) is 86.1 cm³/mol. The minimum atomic E-state index is -3.93. The maximum Gasteiger partial charge on any atom is 0.352 e. The summed E-state index contributed by atoms with van der Waals surface area (Å²) < 4.78 is 24.7. The number of carboxylic acid groups (broad SMARTS) is 1. The summed E-state index contributed by atoms with van der Waals surface area (Å²) in [5.41, 5.74) is -0.781. The number of aliphatic hydroxyl groups excluding tert-OH is 1. The molecule has 1 fully saturated rings. The van der Waals surface area contributed by atoms with Gasteiger partial charge in [-0.1, -0.05) is 6.07 Å². The van der Waals surface area contributed by atoms with Crippen LogP contribution >= 0.6 is 11.3 Å². The highest BCUT2D eigenvalue weighted by atomic mass is 32.2. The SMILES string of the molecule is O=C(Cc1cccs1)N[C@H]1C(=O)N2C(C(=O)O)=C(CO)CS(=O)(=O)[C@@H]12. The Labute approximate surface area is 146 Å². The molecule has 3 rings (SSSR count). The van der Waals surface area contributed by atoms with Crippen molar-refractivity contribution < 1.29 is 33.0 Å². The lowest BCUT2D eigenvalue weighted by Gasteiger charge is -2.48. The summed E-state index contributed by atoms with van der Waals surface area (Å²) in [5.74, 6) is -3.52. The van der Waals surface area contributed by atoms with Crippen molar-refractivity contribution in [1.82, 2.24) is 10.2 Å². The summed E-state index contributed by atoms with van der Waals surface area (Å²) in [6.07, 6.45) is -0.00225. The summed E-state index contributed by atoms with van der Waals surface area (Å²) in [7, 11) is -3.93. The van der Waals surface area contributed by atoms with Crippen LogP contribution < -0.4 is 5.32 Å². The monoisotopic (exact) mass is 386 g/mol. The van der Waals surface area contributed by atoms with Gasteiger partial charge in [0.15, 0.2) is 15.2 Å². The summed E-state index contributed by atoms with van der Waals surface area (Å²) in [4.78, 5) is 37.1. The lowest BCUT2D eigenvalue weighted by molar-refractivity contribution is -0.151. The summed E-state index contributed by atoms with van der Waals surface area (Å²) in [6, 6.07) is 2.16. The van der Waals surface area contributed by atoms with Gasteiger partial charge in [-0.05, 0) is 11.4 Å². The van der Waals surface area contributed by atoms with Gasteiger partial charge < -0.3 is 15.5 Å². The number of hydrogen-bond acceptors (Lipinski definition) is 7. The van der Waals surface area contributed by atoms with Gasteiger partial charge >= 0.3 is 5.97 Å². The van der Waals surface area contributed by atoms with E-state index in [9.17, 15) is 33.0 Å². The van der Waals surface area contributed by atoms with E-state index < -0.39 is 57.1 Å². The predicted octanol–water partition coefficient (Wildman–Crippen LogP) is -1.30. The topological polar surface area (TPSA) is 141 Å². The van der Waals surface area contributed by atoms with Gasteiger partial charge in [-0.3, -0.25) is 14.5 Å². The van der Waals surface area contributed by atoms with Crippen LogP contribution in [-0.2, 0) is 30.6 Å². The van der Waals surface area contributed by atoms with E-state index in [0.717, 1.165) is 4.88 Å². The van der Waals surface area contributed by atoms with Crippen molar-refractivity contribution >= 4 is 39.0 Å². The van der Waals surface area contributed by atoms with E-state index in [1.807, 2.05) is 0 Å². The fourth-order valence-electron chi connectivity index (χ4n) is 2.94. The number of amides is 2. The quantitative estimate of drug-likeness (QED) is 0.534. The second-order valence-corrected chi connectivity index (χ2v) is 8.75. The van der Waals surface area contributed by atoms with E-state index in [4.69, 9.17) is 0 Å². The van der Waals surface area contributed by atoms with Crippen LogP contribution in [0.15, 0.2) is 28.8 Å².